The summed E-state index contributed by atoms with van der Waals surface area (Å²) in [4.78, 5) is 24.2. The lowest BCUT2D eigenvalue weighted by atomic mass is 9.81. The monoisotopic (exact) mass is 278 g/mol. The molecule has 1 unspecified atom stereocenters. The first-order chi connectivity index (χ1) is 9.28. The fourth-order valence-electron chi connectivity index (χ4n) is 1.89. The molecule has 5 heteroatoms. The number of likely N-dealkylation sites (N-methyl/N-ethyl adjacent to an activating group) is 1. The maximum absolute atomic E-state index is 12.5. The molecule has 110 valence electrons. The van der Waals surface area contributed by atoms with Crippen molar-refractivity contribution in [2.45, 2.75) is 31.7 Å². The van der Waals surface area contributed by atoms with E-state index < -0.39 is 11.0 Å². The maximum Gasteiger partial charge on any atom is 0.244 e. The summed E-state index contributed by atoms with van der Waals surface area (Å²) in [7, 11) is 1.51. The van der Waals surface area contributed by atoms with Crippen LogP contribution in [0.25, 0.3) is 0 Å². The Bertz CT molecular complexity index is 485. The summed E-state index contributed by atoms with van der Waals surface area (Å²) in [6, 6.07) is 9.01. The molecule has 1 aromatic carbocycles. The molecule has 2 amide bonds. The molecule has 0 fully saturated rings. The molecule has 20 heavy (non-hydrogen) atoms. The van der Waals surface area contributed by atoms with Crippen LogP contribution in [0.2, 0.25) is 0 Å². The van der Waals surface area contributed by atoms with E-state index in [1.165, 1.54) is 7.05 Å². The van der Waals surface area contributed by atoms with E-state index in [4.69, 9.17) is 0 Å². The summed E-state index contributed by atoms with van der Waals surface area (Å²) in [5, 5.41) is 14.8. The average molecular weight is 278 g/mol. The number of hydrogen-bond donors (Lipinski definition) is 3. The van der Waals surface area contributed by atoms with Crippen LogP contribution in [-0.2, 0) is 15.0 Å². The summed E-state index contributed by atoms with van der Waals surface area (Å²) in [6.45, 7) is 4.54. The number of benzene rings is 1. The molecule has 0 bridgehead atoms. The number of hydrogen-bond acceptors (Lipinski definition) is 3. The lowest BCUT2D eigenvalue weighted by Crippen LogP contribution is -2.58. The molecule has 3 N–H and O–H groups in total. The quantitative estimate of drug-likeness (QED) is 0.737. The van der Waals surface area contributed by atoms with Gasteiger partial charge < -0.3 is 15.7 Å². The number of amides is 2. The fourth-order valence-corrected chi connectivity index (χ4v) is 1.89. The van der Waals surface area contributed by atoms with E-state index in [1.807, 2.05) is 6.07 Å². The van der Waals surface area contributed by atoms with Crippen molar-refractivity contribution in [3.63, 3.8) is 0 Å². The largest absolute Gasteiger partial charge is 0.395 e. The lowest BCUT2D eigenvalue weighted by molar-refractivity contribution is -0.135. The summed E-state index contributed by atoms with van der Waals surface area (Å²) in [6.07, 6.45) is 0. The van der Waals surface area contributed by atoms with E-state index >= 15 is 0 Å². The highest BCUT2D eigenvalue weighted by Crippen LogP contribution is 2.24. The van der Waals surface area contributed by atoms with Crippen LogP contribution in [-0.4, -0.2) is 36.1 Å². The number of rotatable bonds is 5. The van der Waals surface area contributed by atoms with Crippen LogP contribution in [0.3, 0.4) is 0 Å². The molecule has 0 heterocycles. The zero-order valence-electron chi connectivity index (χ0n) is 12.4. The van der Waals surface area contributed by atoms with E-state index in [0.29, 0.717) is 5.56 Å². The van der Waals surface area contributed by atoms with Crippen molar-refractivity contribution >= 4 is 11.8 Å². The van der Waals surface area contributed by atoms with Gasteiger partial charge in [0.1, 0.15) is 5.54 Å². The van der Waals surface area contributed by atoms with Crippen molar-refractivity contribution in [1.82, 2.24) is 10.6 Å². The first kappa shape index (κ1) is 16.2. The van der Waals surface area contributed by atoms with Gasteiger partial charge in [-0.1, -0.05) is 30.3 Å². The molecule has 1 rings (SSSR count). The third-order valence-corrected chi connectivity index (χ3v) is 3.45. The predicted octanol–water partition coefficient (Wildman–Crippen LogP) is 0.577. The molecule has 5 nitrogen and oxygen atoms in total. The van der Waals surface area contributed by atoms with Gasteiger partial charge in [0.25, 0.3) is 0 Å². The van der Waals surface area contributed by atoms with Crippen LogP contribution >= 0.6 is 0 Å². The first-order valence-corrected chi connectivity index (χ1v) is 6.49. The molecule has 0 saturated heterocycles. The normalized spacial score (nSPS) is 14.2. The second-order valence-electron chi connectivity index (χ2n) is 5.51. The van der Waals surface area contributed by atoms with E-state index in [-0.39, 0.29) is 18.4 Å². The minimum Gasteiger partial charge on any atom is -0.395 e. The zero-order chi connectivity index (χ0) is 15.4. The van der Waals surface area contributed by atoms with Crippen LogP contribution in [0.15, 0.2) is 30.3 Å². The molecule has 1 atom stereocenters. The summed E-state index contributed by atoms with van der Waals surface area (Å²) in [5.41, 5.74) is -1.43. The number of nitrogens with one attached hydrogen (secondary N) is 2. The SMILES string of the molecule is CNC(=O)C(C)(C)NC(=O)C(C)(CO)c1ccccc1. The average Bonchev–Trinajstić information content (AvgIpc) is 2.45. The molecule has 0 saturated carbocycles. The number of aliphatic hydroxyl groups excluding tert-OH is 1. The molecule has 0 aliphatic rings. The topological polar surface area (TPSA) is 78.4 Å². The Hall–Kier alpha value is -1.88. The van der Waals surface area contributed by atoms with Crippen molar-refractivity contribution in [2.75, 3.05) is 13.7 Å². The summed E-state index contributed by atoms with van der Waals surface area (Å²) in [5.74, 6) is -0.681. The molecule has 0 aromatic heterocycles. The Kier molecular flexibility index (Phi) is 4.89. The van der Waals surface area contributed by atoms with Crippen molar-refractivity contribution in [3.8, 4) is 0 Å². The van der Waals surface area contributed by atoms with Gasteiger partial charge in [0.15, 0.2) is 0 Å². The second-order valence-corrected chi connectivity index (χ2v) is 5.51. The van der Waals surface area contributed by atoms with Crippen molar-refractivity contribution in [2.24, 2.45) is 0 Å². The third-order valence-electron chi connectivity index (χ3n) is 3.45. The van der Waals surface area contributed by atoms with Gasteiger partial charge in [-0.25, -0.2) is 0 Å². The number of carbonyl (C=O) groups excluding carboxylic acids is 2. The van der Waals surface area contributed by atoms with E-state index in [2.05, 4.69) is 10.6 Å². The second kappa shape index (κ2) is 6.05. The molecular formula is C15H22N2O3. The van der Waals surface area contributed by atoms with Crippen LogP contribution in [0.4, 0.5) is 0 Å². The minimum absolute atomic E-state index is 0.292. The highest BCUT2D eigenvalue weighted by atomic mass is 16.3. The standard InChI is InChI=1S/C15H22N2O3/c1-14(2,12(19)16-4)17-13(20)15(3,10-18)11-8-6-5-7-9-11/h5-9,18H,10H2,1-4H3,(H,16,19)(H,17,20). The van der Waals surface area contributed by atoms with E-state index in [1.54, 1.807) is 45.0 Å². The van der Waals surface area contributed by atoms with Gasteiger partial charge in [-0.3, -0.25) is 9.59 Å². The van der Waals surface area contributed by atoms with Crippen LogP contribution in [0, 0.1) is 0 Å². The predicted molar refractivity (Wildman–Crippen MR) is 77.2 cm³/mol. The lowest BCUT2D eigenvalue weighted by Gasteiger charge is -2.32. The molecule has 0 spiro atoms. The minimum atomic E-state index is -1.09. The molecule has 1 aromatic rings. The van der Waals surface area contributed by atoms with Gasteiger partial charge in [-0.2, -0.15) is 0 Å². The van der Waals surface area contributed by atoms with Crippen molar-refractivity contribution < 1.29 is 14.7 Å². The van der Waals surface area contributed by atoms with Crippen LogP contribution in [0.1, 0.15) is 26.3 Å². The Balaban J connectivity index is 3.02. The number of carbonyl (C=O) groups is 2. The van der Waals surface area contributed by atoms with Gasteiger partial charge in [-0.05, 0) is 26.3 Å². The van der Waals surface area contributed by atoms with Crippen LogP contribution < -0.4 is 10.6 Å². The van der Waals surface area contributed by atoms with Gasteiger partial charge in [0.2, 0.25) is 11.8 Å². The Morgan fingerprint density at radius 2 is 1.65 bits per heavy atom. The van der Waals surface area contributed by atoms with Crippen LogP contribution in [0.5, 0.6) is 0 Å². The Morgan fingerprint density at radius 3 is 2.10 bits per heavy atom. The smallest absolute Gasteiger partial charge is 0.244 e. The Morgan fingerprint density at radius 1 is 1.10 bits per heavy atom. The maximum atomic E-state index is 12.5. The summed E-state index contributed by atoms with van der Waals surface area (Å²) >= 11 is 0. The third kappa shape index (κ3) is 3.17. The zero-order valence-corrected chi connectivity index (χ0v) is 12.4. The first-order valence-electron chi connectivity index (χ1n) is 6.49. The summed E-state index contributed by atoms with van der Waals surface area (Å²) < 4.78 is 0. The van der Waals surface area contributed by atoms with Gasteiger partial charge in [0, 0.05) is 7.05 Å². The van der Waals surface area contributed by atoms with Crippen molar-refractivity contribution in [1.29, 1.82) is 0 Å². The van der Waals surface area contributed by atoms with E-state index in [9.17, 15) is 14.7 Å². The molecule has 0 aliphatic carbocycles. The van der Waals surface area contributed by atoms with Gasteiger partial charge >= 0.3 is 0 Å². The Labute approximate surface area is 119 Å². The molecule has 0 radical (unpaired) electrons. The number of aliphatic hydroxyl groups is 1. The van der Waals surface area contributed by atoms with Gasteiger partial charge in [0.05, 0.1) is 12.0 Å². The highest BCUT2D eigenvalue weighted by Gasteiger charge is 2.39. The molecular weight excluding hydrogens is 256 g/mol. The van der Waals surface area contributed by atoms with Gasteiger partial charge in [-0.15, -0.1) is 0 Å². The fraction of sp³-hybridized carbons (Fsp3) is 0.467. The molecule has 0 aliphatic heterocycles. The van der Waals surface area contributed by atoms with E-state index in [0.717, 1.165) is 0 Å². The highest BCUT2D eigenvalue weighted by molar-refractivity contribution is 5.94. The van der Waals surface area contributed by atoms with Crippen molar-refractivity contribution in [3.05, 3.63) is 35.9 Å².